The predicted octanol–water partition coefficient (Wildman–Crippen LogP) is 3.90. The van der Waals surface area contributed by atoms with Crippen molar-refractivity contribution in [2.45, 2.75) is 55.4 Å². The minimum atomic E-state index is -0.869. The van der Waals surface area contributed by atoms with Gasteiger partial charge in [-0.05, 0) is 25.9 Å². The number of carboxylic acid groups (broad SMARTS) is 1. The first-order chi connectivity index (χ1) is 18.7. The second-order valence-electron chi connectivity index (χ2n) is 10.2. The summed E-state index contributed by atoms with van der Waals surface area (Å²) in [7, 11) is 0. The molecule has 2 aromatic rings. The van der Waals surface area contributed by atoms with E-state index in [1.165, 1.54) is 11.3 Å². The summed E-state index contributed by atoms with van der Waals surface area (Å²) in [6.45, 7) is 11.4. The van der Waals surface area contributed by atoms with Crippen molar-refractivity contribution in [1.82, 2.24) is 14.9 Å². The number of aliphatic carboxylic acids is 1. The van der Waals surface area contributed by atoms with Crippen LogP contribution >= 0.6 is 23.1 Å². The standard InChI is InChI=1S/C26H40N4O7S2/c1-26(2,3)20-16-27-21(37-20)18-38-23-17-28-25(39-23)29-24(33)19-4-7-30(8-5-19)9-11-35-13-15-36-14-12-34-10-6-22(31)32/h16-17,19H,4-15,18H2,1-3H3,(H,31,32)(H,28,29,33). The van der Waals surface area contributed by atoms with Crippen LogP contribution in [0.2, 0.25) is 0 Å². The highest BCUT2D eigenvalue weighted by Gasteiger charge is 2.25. The fourth-order valence-corrected chi connectivity index (χ4v) is 5.49. The molecule has 1 aliphatic rings. The molecule has 0 aromatic carbocycles. The molecule has 1 fully saturated rings. The zero-order valence-corrected chi connectivity index (χ0v) is 24.6. The number of hydrogen-bond acceptors (Lipinski definition) is 11. The van der Waals surface area contributed by atoms with Gasteiger partial charge in [-0.2, -0.15) is 0 Å². The second kappa shape index (κ2) is 16.3. The Balaban J connectivity index is 1.22. The molecular formula is C26H40N4O7S2. The van der Waals surface area contributed by atoms with Crippen LogP contribution in [0.4, 0.5) is 5.13 Å². The third-order valence-electron chi connectivity index (χ3n) is 6.06. The molecular weight excluding hydrogens is 544 g/mol. The highest BCUT2D eigenvalue weighted by molar-refractivity contribution is 8.00. The van der Waals surface area contributed by atoms with Crippen molar-refractivity contribution in [2.75, 3.05) is 64.6 Å². The highest BCUT2D eigenvalue weighted by atomic mass is 32.2. The molecule has 0 unspecified atom stereocenters. The fraction of sp³-hybridized carbons (Fsp3) is 0.692. The molecule has 0 atom stereocenters. The fourth-order valence-electron chi connectivity index (χ4n) is 3.76. The molecule has 1 saturated heterocycles. The van der Waals surface area contributed by atoms with Gasteiger partial charge in [-0.25, -0.2) is 9.97 Å². The first-order valence-corrected chi connectivity index (χ1v) is 15.0. The zero-order valence-electron chi connectivity index (χ0n) is 23.0. The van der Waals surface area contributed by atoms with Gasteiger partial charge in [0.25, 0.3) is 0 Å². The molecule has 2 N–H and O–H groups in total. The molecule has 3 rings (SSSR count). The number of carbonyl (C=O) groups excluding carboxylic acids is 1. The van der Waals surface area contributed by atoms with E-state index in [-0.39, 0.29) is 30.3 Å². The monoisotopic (exact) mass is 584 g/mol. The number of piperidine rings is 1. The minimum absolute atomic E-state index is 0.00172. The van der Waals surface area contributed by atoms with E-state index in [1.807, 2.05) is 0 Å². The van der Waals surface area contributed by atoms with Crippen LogP contribution in [0.15, 0.2) is 21.0 Å². The molecule has 1 amide bonds. The number of aromatic nitrogens is 2. The quantitative estimate of drug-likeness (QED) is 0.207. The van der Waals surface area contributed by atoms with Crippen LogP contribution in [0.1, 0.15) is 51.7 Å². The minimum Gasteiger partial charge on any atom is -0.481 e. The first-order valence-electron chi connectivity index (χ1n) is 13.2. The number of oxazole rings is 1. The smallest absolute Gasteiger partial charge is 0.305 e. The predicted molar refractivity (Wildman–Crippen MR) is 149 cm³/mol. The van der Waals surface area contributed by atoms with Gasteiger partial charge in [0.15, 0.2) is 5.13 Å². The molecule has 0 radical (unpaired) electrons. The molecule has 0 bridgehead atoms. The van der Waals surface area contributed by atoms with Crippen LogP contribution in [0.3, 0.4) is 0 Å². The number of hydrogen-bond donors (Lipinski definition) is 2. The van der Waals surface area contributed by atoms with E-state index in [1.54, 1.807) is 24.2 Å². The lowest BCUT2D eigenvalue weighted by atomic mass is 9.94. The van der Waals surface area contributed by atoms with Gasteiger partial charge >= 0.3 is 5.97 Å². The van der Waals surface area contributed by atoms with Crippen molar-refractivity contribution in [3.8, 4) is 0 Å². The van der Waals surface area contributed by atoms with Crippen LogP contribution in [0, 0.1) is 5.92 Å². The van der Waals surface area contributed by atoms with Gasteiger partial charge in [0.2, 0.25) is 11.8 Å². The van der Waals surface area contributed by atoms with Gasteiger partial charge < -0.3 is 34.0 Å². The summed E-state index contributed by atoms with van der Waals surface area (Å²) in [6, 6.07) is 0. The lowest BCUT2D eigenvalue weighted by Crippen LogP contribution is -2.39. The lowest BCUT2D eigenvalue weighted by molar-refractivity contribution is -0.138. The average molecular weight is 585 g/mol. The Kier molecular flexibility index (Phi) is 13.2. The van der Waals surface area contributed by atoms with Crippen molar-refractivity contribution < 1.29 is 33.3 Å². The summed E-state index contributed by atoms with van der Waals surface area (Å²) in [5.41, 5.74) is -0.0678. The van der Waals surface area contributed by atoms with Crippen molar-refractivity contribution in [1.29, 1.82) is 0 Å². The number of thiazole rings is 1. The second-order valence-corrected chi connectivity index (χ2v) is 12.5. The normalized spacial score (nSPS) is 15.1. The molecule has 0 aliphatic carbocycles. The van der Waals surface area contributed by atoms with Crippen molar-refractivity contribution in [3.05, 3.63) is 24.0 Å². The van der Waals surface area contributed by atoms with E-state index < -0.39 is 5.97 Å². The maximum absolute atomic E-state index is 12.8. The Morgan fingerprint density at radius 1 is 1.08 bits per heavy atom. The van der Waals surface area contributed by atoms with E-state index in [4.69, 9.17) is 23.7 Å². The Morgan fingerprint density at radius 3 is 2.38 bits per heavy atom. The summed E-state index contributed by atoms with van der Waals surface area (Å²) >= 11 is 3.07. The Bertz CT molecular complexity index is 1020. The Labute approximate surface area is 238 Å². The van der Waals surface area contributed by atoms with E-state index in [0.29, 0.717) is 49.8 Å². The lowest BCUT2D eigenvalue weighted by Gasteiger charge is -2.30. The third kappa shape index (κ3) is 11.9. The van der Waals surface area contributed by atoms with E-state index >= 15 is 0 Å². The molecule has 0 saturated carbocycles. The van der Waals surface area contributed by atoms with Gasteiger partial charge in [-0.1, -0.05) is 32.1 Å². The Hall–Kier alpha value is -2.03. The SMILES string of the molecule is CC(C)(C)c1cnc(CSc2cnc(NC(=O)C3CCN(CCOCCOCCOCCC(=O)O)CC3)s2)o1. The molecule has 2 aromatic heterocycles. The van der Waals surface area contributed by atoms with Crippen molar-refractivity contribution in [2.24, 2.45) is 5.92 Å². The number of thioether (sulfide) groups is 1. The summed E-state index contributed by atoms with van der Waals surface area (Å²) in [5.74, 6) is 1.32. The topological polar surface area (TPSA) is 136 Å². The maximum Gasteiger partial charge on any atom is 0.305 e. The molecule has 13 heteroatoms. The van der Waals surface area contributed by atoms with Crippen LogP contribution in [-0.4, -0.2) is 91.1 Å². The van der Waals surface area contributed by atoms with Crippen LogP contribution < -0.4 is 5.32 Å². The van der Waals surface area contributed by atoms with Gasteiger partial charge in [-0.15, -0.1) is 11.8 Å². The summed E-state index contributed by atoms with van der Waals surface area (Å²) < 4.78 is 23.0. The van der Waals surface area contributed by atoms with Crippen LogP contribution in [0.25, 0.3) is 0 Å². The maximum atomic E-state index is 12.8. The largest absolute Gasteiger partial charge is 0.481 e. The first kappa shape index (κ1) is 31.5. The number of anilines is 1. The molecule has 218 valence electrons. The van der Waals surface area contributed by atoms with Gasteiger partial charge in [0, 0.05) is 17.9 Å². The summed E-state index contributed by atoms with van der Waals surface area (Å²) in [5, 5.41) is 12.1. The molecule has 11 nitrogen and oxygen atoms in total. The molecule has 1 aliphatic heterocycles. The number of carboxylic acids is 1. The zero-order chi connectivity index (χ0) is 28.1. The molecule has 39 heavy (non-hydrogen) atoms. The number of amides is 1. The number of likely N-dealkylation sites (tertiary alicyclic amines) is 1. The summed E-state index contributed by atoms with van der Waals surface area (Å²) in [6.07, 6.45) is 5.19. The Morgan fingerprint density at radius 2 is 1.74 bits per heavy atom. The molecule has 3 heterocycles. The van der Waals surface area contributed by atoms with Crippen molar-refractivity contribution in [3.63, 3.8) is 0 Å². The van der Waals surface area contributed by atoms with Gasteiger partial charge in [0.05, 0.1) is 68.4 Å². The number of carbonyl (C=O) groups is 2. The van der Waals surface area contributed by atoms with Crippen molar-refractivity contribution >= 4 is 40.1 Å². The van der Waals surface area contributed by atoms with Crippen LogP contribution in [-0.2, 0) is 35.0 Å². The highest BCUT2D eigenvalue weighted by Crippen LogP contribution is 2.32. The molecule has 0 spiro atoms. The van der Waals surface area contributed by atoms with Gasteiger partial charge in [-0.3, -0.25) is 9.59 Å². The summed E-state index contributed by atoms with van der Waals surface area (Å²) in [4.78, 5) is 34.2. The van der Waals surface area contributed by atoms with Crippen LogP contribution in [0.5, 0.6) is 0 Å². The van der Waals surface area contributed by atoms with Gasteiger partial charge in [0.1, 0.15) is 5.76 Å². The van der Waals surface area contributed by atoms with E-state index in [9.17, 15) is 9.59 Å². The number of rotatable bonds is 17. The van der Waals surface area contributed by atoms with E-state index in [0.717, 1.165) is 42.4 Å². The number of ether oxygens (including phenoxy) is 3. The average Bonchev–Trinajstić information content (AvgIpc) is 3.56. The van der Waals surface area contributed by atoms with E-state index in [2.05, 4.69) is 41.0 Å². The number of nitrogens with zero attached hydrogens (tertiary/aromatic N) is 3. The number of nitrogens with one attached hydrogen (secondary N) is 1. The third-order valence-corrected chi connectivity index (χ3v) is 8.15.